The summed E-state index contributed by atoms with van der Waals surface area (Å²) < 4.78 is 44.3. The van der Waals surface area contributed by atoms with Crippen LogP contribution in [0.4, 0.5) is 18.9 Å². The lowest BCUT2D eigenvalue weighted by Gasteiger charge is -2.36. The van der Waals surface area contributed by atoms with E-state index in [1.807, 2.05) is 0 Å². The lowest BCUT2D eigenvalue weighted by Crippen LogP contribution is -2.46. The second-order valence-electron chi connectivity index (χ2n) is 5.42. The maximum Gasteiger partial charge on any atom is 0.416 e. The van der Waals surface area contributed by atoms with Crippen molar-refractivity contribution < 1.29 is 17.9 Å². The van der Waals surface area contributed by atoms with Crippen molar-refractivity contribution in [2.75, 3.05) is 25.0 Å². The van der Waals surface area contributed by atoms with E-state index < -0.39 is 11.7 Å². The Labute approximate surface area is 115 Å². The summed E-state index contributed by atoms with van der Waals surface area (Å²) in [5.74, 6) is 0.525. The number of rotatable bonds is 0. The Kier molecular flexibility index (Phi) is 3.28. The summed E-state index contributed by atoms with van der Waals surface area (Å²) in [6.45, 7) is 2.40. The average molecular weight is 286 g/mol. The number of fused-ring (bicyclic) bond motifs is 1. The van der Waals surface area contributed by atoms with Gasteiger partial charge >= 0.3 is 6.18 Å². The normalized spacial score (nSPS) is 21.6. The summed E-state index contributed by atoms with van der Waals surface area (Å²) in [7, 11) is 0. The number of nitrogens with one attached hydrogen (secondary N) is 2. The van der Waals surface area contributed by atoms with Gasteiger partial charge in [-0.3, -0.25) is 0 Å². The first-order valence-electron chi connectivity index (χ1n) is 6.83. The molecule has 2 N–H and O–H groups in total. The Hall–Kier alpha value is -1.43. The topological polar surface area (TPSA) is 33.3 Å². The van der Waals surface area contributed by atoms with Gasteiger partial charge in [-0.15, -0.1) is 0 Å². The van der Waals surface area contributed by atoms with Gasteiger partial charge in [0.2, 0.25) is 0 Å². The fourth-order valence-corrected chi connectivity index (χ4v) is 2.88. The fraction of sp³-hybridized carbons (Fsp3) is 0.571. The highest BCUT2D eigenvalue weighted by molar-refractivity contribution is 5.59. The molecule has 0 radical (unpaired) electrons. The van der Waals surface area contributed by atoms with Gasteiger partial charge in [0.1, 0.15) is 11.4 Å². The van der Waals surface area contributed by atoms with Crippen LogP contribution < -0.4 is 15.4 Å². The number of benzene rings is 1. The molecule has 2 aliphatic heterocycles. The van der Waals surface area contributed by atoms with Crippen LogP contribution in [0.15, 0.2) is 18.2 Å². The van der Waals surface area contributed by atoms with Gasteiger partial charge in [-0.25, -0.2) is 0 Å². The number of anilines is 1. The molecule has 3 rings (SSSR count). The van der Waals surface area contributed by atoms with Crippen LogP contribution in [0.1, 0.15) is 24.8 Å². The zero-order valence-electron chi connectivity index (χ0n) is 11.0. The number of hydrogen-bond acceptors (Lipinski definition) is 3. The molecule has 0 saturated carbocycles. The number of ether oxygens (including phenoxy) is 1. The Bertz CT molecular complexity index is 496. The van der Waals surface area contributed by atoms with E-state index in [2.05, 4.69) is 10.6 Å². The second-order valence-corrected chi connectivity index (χ2v) is 5.42. The first-order chi connectivity index (χ1) is 9.49. The number of piperidine rings is 1. The van der Waals surface area contributed by atoms with Crippen LogP contribution in [0.2, 0.25) is 0 Å². The largest absolute Gasteiger partial charge is 0.485 e. The molecule has 0 aliphatic carbocycles. The number of hydrogen-bond donors (Lipinski definition) is 2. The van der Waals surface area contributed by atoms with Crippen LogP contribution in [-0.2, 0) is 6.18 Å². The van der Waals surface area contributed by atoms with Crippen molar-refractivity contribution in [1.82, 2.24) is 5.32 Å². The molecule has 1 saturated heterocycles. The summed E-state index contributed by atoms with van der Waals surface area (Å²) in [6, 6.07) is 3.65. The number of alkyl halides is 3. The molecule has 1 aromatic carbocycles. The zero-order valence-corrected chi connectivity index (χ0v) is 11.0. The summed E-state index contributed by atoms with van der Waals surface area (Å²) in [5, 5.41) is 6.34. The molecule has 1 spiro atoms. The van der Waals surface area contributed by atoms with Gasteiger partial charge in [0.05, 0.1) is 11.3 Å². The molecule has 2 aliphatic rings. The summed E-state index contributed by atoms with van der Waals surface area (Å²) >= 11 is 0. The van der Waals surface area contributed by atoms with Gasteiger partial charge in [-0.1, -0.05) is 0 Å². The van der Waals surface area contributed by atoms with Crippen molar-refractivity contribution in [3.63, 3.8) is 0 Å². The van der Waals surface area contributed by atoms with E-state index in [1.165, 1.54) is 6.07 Å². The van der Waals surface area contributed by atoms with E-state index in [-0.39, 0.29) is 5.60 Å². The van der Waals surface area contributed by atoms with Crippen molar-refractivity contribution >= 4 is 5.69 Å². The van der Waals surface area contributed by atoms with E-state index in [0.717, 1.165) is 44.5 Å². The van der Waals surface area contributed by atoms with Crippen molar-refractivity contribution in [2.45, 2.75) is 31.0 Å². The molecule has 3 nitrogen and oxygen atoms in total. The highest BCUT2D eigenvalue weighted by Gasteiger charge is 2.37. The summed E-state index contributed by atoms with van der Waals surface area (Å²) in [5.41, 5.74) is -0.452. The standard InChI is InChI=1S/C14H17F3N2O/c15-14(16,17)10-1-2-12-11(9-10)19-8-5-13(20-12)3-6-18-7-4-13/h1-2,9,18-19H,3-8H2. The Morgan fingerprint density at radius 3 is 2.45 bits per heavy atom. The lowest BCUT2D eigenvalue weighted by atomic mass is 9.89. The maximum atomic E-state index is 12.7. The molecule has 0 bridgehead atoms. The maximum absolute atomic E-state index is 12.7. The van der Waals surface area contributed by atoms with Crippen LogP contribution in [0.25, 0.3) is 0 Å². The smallest absolute Gasteiger partial charge is 0.416 e. The minimum atomic E-state index is -4.32. The molecule has 1 fully saturated rings. The quantitative estimate of drug-likeness (QED) is 0.769. The molecular formula is C14H17F3N2O. The summed E-state index contributed by atoms with van der Waals surface area (Å²) in [4.78, 5) is 0. The highest BCUT2D eigenvalue weighted by Crippen LogP contribution is 2.40. The van der Waals surface area contributed by atoms with E-state index >= 15 is 0 Å². The van der Waals surface area contributed by atoms with Crippen LogP contribution in [0.5, 0.6) is 5.75 Å². The van der Waals surface area contributed by atoms with Gasteiger partial charge in [-0.05, 0) is 44.1 Å². The SMILES string of the molecule is FC(F)(F)c1ccc2c(c1)NCCC1(CCNCC1)O2. The van der Waals surface area contributed by atoms with Crippen molar-refractivity contribution in [3.8, 4) is 5.75 Å². The fourth-order valence-electron chi connectivity index (χ4n) is 2.88. The van der Waals surface area contributed by atoms with Gasteiger partial charge in [0.15, 0.2) is 0 Å². The van der Waals surface area contributed by atoms with Crippen molar-refractivity contribution in [2.24, 2.45) is 0 Å². The lowest BCUT2D eigenvalue weighted by molar-refractivity contribution is -0.137. The predicted molar refractivity (Wildman–Crippen MR) is 70.0 cm³/mol. The first-order valence-corrected chi connectivity index (χ1v) is 6.83. The zero-order chi connectivity index (χ0) is 14.2. The van der Waals surface area contributed by atoms with Crippen molar-refractivity contribution in [1.29, 1.82) is 0 Å². The Balaban J connectivity index is 1.90. The van der Waals surface area contributed by atoms with Crippen LogP contribution in [-0.4, -0.2) is 25.2 Å². The molecule has 0 atom stereocenters. The van der Waals surface area contributed by atoms with E-state index in [1.54, 1.807) is 0 Å². The second kappa shape index (κ2) is 4.84. The van der Waals surface area contributed by atoms with Gasteiger partial charge in [0, 0.05) is 13.0 Å². The van der Waals surface area contributed by atoms with Gasteiger partial charge < -0.3 is 15.4 Å². The minimum absolute atomic E-state index is 0.247. The first kappa shape index (κ1) is 13.5. The average Bonchev–Trinajstić information content (AvgIpc) is 2.56. The molecule has 110 valence electrons. The Morgan fingerprint density at radius 1 is 1.05 bits per heavy atom. The van der Waals surface area contributed by atoms with E-state index in [0.29, 0.717) is 18.0 Å². The summed E-state index contributed by atoms with van der Waals surface area (Å²) in [6.07, 6.45) is -1.75. The molecule has 1 aromatic rings. The van der Waals surface area contributed by atoms with Gasteiger partial charge in [0.25, 0.3) is 0 Å². The van der Waals surface area contributed by atoms with Crippen LogP contribution in [0.3, 0.4) is 0 Å². The third-order valence-electron chi connectivity index (χ3n) is 4.04. The molecular weight excluding hydrogens is 269 g/mol. The van der Waals surface area contributed by atoms with E-state index in [9.17, 15) is 13.2 Å². The minimum Gasteiger partial charge on any atom is -0.485 e. The Morgan fingerprint density at radius 2 is 1.75 bits per heavy atom. The van der Waals surface area contributed by atoms with Gasteiger partial charge in [-0.2, -0.15) is 13.2 Å². The third kappa shape index (κ3) is 2.57. The van der Waals surface area contributed by atoms with E-state index in [4.69, 9.17) is 4.74 Å². The monoisotopic (exact) mass is 286 g/mol. The molecule has 20 heavy (non-hydrogen) atoms. The van der Waals surface area contributed by atoms with Crippen molar-refractivity contribution in [3.05, 3.63) is 23.8 Å². The third-order valence-corrected chi connectivity index (χ3v) is 4.04. The molecule has 2 heterocycles. The van der Waals surface area contributed by atoms with Crippen LogP contribution >= 0.6 is 0 Å². The molecule has 0 amide bonds. The molecule has 6 heteroatoms. The molecule has 0 aromatic heterocycles. The highest BCUT2D eigenvalue weighted by atomic mass is 19.4. The molecule has 0 unspecified atom stereocenters. The van der Waals surface area contributed by atoms with Crippen LogP contribution in [0, 0.1) is 0 Å². The number of halogens is 3. The predicted octanol–water partition coefficient (Wildman–Crippen LogP) is 3.02.